The van der Waals surface area contributed by atoms with Crippen LogP contribution in [-0.4, -0.2) is 9.97 Å². The molecule has 90 valence electrons. The molecule has 0 saturated carbocycles. The SMILES string of the molecule is CCCc1nc(Cl)c2c3c(sc2n1)CCCC3. The number of hydrogen-bond acceptors (Lipinski definition) is 3. The van der Waals surface area contributed by atoms with Crippen molar-refractivity contribution in [3.8, 4) is 0 Å². The summed E-state index contributed by atoms with van der Waals surface area (Å²) in [6, 6.07) is 0. The molecule has 0 spiro atoms. The van der Waals surface area contributed by atoms with E-state index in [2.05, 4.69) is 16.9 Å². The summed E-state index contributed by atoms with van der Waals surface area (Å²) in [6.07, 6.45) is 6.88. The number of hydrogen-bond donors (Lipinski definition) is 0. The Kier molecular flexibility index (Phi) is 3.05. The van der Waals surface area contributed by atoms with Gasteiger partial charge in [0, 0.05) is 11.3 Å². The quantitative estimate of drug-likeness (QED) is 0.762. The van der Waals surface area contributed by atoms with Crippen molar-refractivity contribution >= 4 is 33.2 Å². The first-order valence-electron chi connectivity index (χ1n) is 6.26. The molecule has 0 saturated heterocycles. The van der Waals surface area contributed by atoms with Crippen molar-refractivity contribution in [3.05, 3.63) is 21.4 Å². The summed E-state index contributed by atoms with van der Waals surface area (Å²) < 4.78 is 0. The van der Waals surface area contributed by atoms with Crippen molar-refractivity contribution in [2.24, 2.45) is 0 Å². The largest absolute Gasteiger partial charge is 0.222 e. The zero-order valence-electron chi connectivity index (χ0n) is 9.92. The first kappa shape index (κ1) is 11.4. The van der Waals surface area contributed by atoms with E-state index in [1.165, 1.54) is 29.7 Å². The third kappa shape index (κ3) is 1.95. The molecule has 0 bridgehead atoms. The van der Waals surface area contributed by atoms with E-state index < -0.39 is 0 Å². The van der Waals surface area contributed by atoms with Crippen LogP contribution in [-0.2, 0) is 19.3 Å². The lowest BCUT2D eigenvalue weighted by atomic mass is 9.97. The summed E-state index contributed by atoms with van der Waals surface area (Å²) in [5, 5.41) is 1.80. The average Bonchev–Trinajstić information content (AvgIpc) is 2.67. The third-order valence-corrected chi connectivity index (χ3v) is 4.75. The molecule has 2 nitrogen and oxygen atoms in total. The van der Waals surface area contributed by atoms with Gasteiger partial charge in [0.25, 0.3) is 0 Å². The fourth-order valence-corrected chi connectivity index (χ4v) is 4.13. The first-order chi connectivity index (χ1) is 8.29. The highest BCUT2D eigenvalue weighted by atomic mass is 35.5. The van der Waals surface area contributed by atoms with Gasteiger partial charge in [-0.3, -0.25) is 0 Å². The molecular formula is C13H15ClN2S. The van der Waals surface area contributed by atoms with Gasteiger partial charge in [0.1, 0.15) is 15.8 Å². The monoisotopic (exact) mass is 266 g/mol. The lowest BCUT2D eigenvalue weighted by Crippen LogP contribution is -1.99. The van der Waals surface area contributed by atoms with Crippen molar-refractivity contribution < 1.29 is 0 Å². The maximum absolute atomic E-state index is 6.33. The van der Waals surface area contributed by atoms with Crippen LogP contribution in [0.25, 0.3) is 10.2 Å². The number of aromatic nitrogens is 2. The smallest absolute Gasteiger partial charge is 0.141 e. The standard InChI is InChI=1S/C13H15ClN2S/c1-2-5-10-15-12(14)11-8-6-3-4-7-9(8)17-13(11)16-10/h2-7H2,1H3. The molecule has 0 aliphatic heterocycles. The van der Waals surface area contributed by atoms with Crippen molar-refractivity contribution in [2.45, 2.75) is 45.4 Å². The van der Waals surface area contributed by atoms with Gasteiger partial charge in [-0.15, -0.1) is 11.3 Å². The van der Waals surface area contributed by atoms with E-state index in [1.807, 2.05) is 11.3 Å². The first-order valence-corrected chi connectivity index (χ1v) is 7.45. The second kappa shape index (κ2) is 4.54. The average molecular weight is 267 g/mol. The number of halogens is 1. The molecule has 2 aromatic rings. The summed E-state index contributed by atoms with van der Waals surface area (Å²) in [7, 11) is 0. The van der Waals surface area contributed by atoms with Crippen LogP contribution >= 0.6 is 22.9 Å². The Hall–Kier alpha value is -0.670. The Balaban J connectivity index is 2.19. The minimum Gasteiger partial charge on any atom is -0.222 e. The fourth-order valence-electron chi connectivity index (χ4n) is 2.49. The zero-order valence-corrected chi connectivity index (χ0v) is 11.5. The van der Waals surface area contributed by atoms with E-state index in [1.54, 1.807) is 0 Å². The van der Waals surface area contributed by atoms with Gasteiger partial charge in [-0.05, 0) is 37.7 Å². The molecule has 2 aromatic heterocycles. The van der Waals surface area contributed by atoms with Crippen molar-refractivity contribution in [2.75, 3.05) is 0 Å². The Morgan fingerprint density at radius 3 is 2.88 bits per heavy atom. The number of fused-ring (bicyclic) bond motifs is 3. The molecule has 0 radical (unpaired) electrons. The molecule has 4 heteroatoms. The van der Waals surface area contributed by atoms with E-state index in [0.29, 0.717) is 5.15 Å². The molecule has 1 aliphatic rings. The predicted molar refractivity (Wildman–Crippen MR) is 73.1 cm³/mol. The maximum atomic E-state index is 6.33. The van der Waals surface area contributed by atoms with Gasteiger partial charge in [-0.2, -0.15) is 0 Å². The van der Waals surface area contributed by atoms with E-state index in [4.69, 9.17) is 11.6 Å². The molecular weight excluding hydrogens is 252 g/mol. The van der Waals surface area contributed by atoms with Crippen molar-refractivity contribution in [1.29, 1.82) is 0 Å². The second-order valence-electron chi connectivity index (χ2n) is 4.57. The van der Waals surface area contributed by atoms with E-state index >= 15 is 0 Å². The molecule has 2 heterocycles. The molecule has 0 N–H and O–H groups in total. The summed E-state index contributed by atoms with van der Waals surface area (Å²) in [5.74, 6) is 0.892. The number of nitrogens with zero attached hydrogens (tertiary/aromatic N) is 2. The summed E-state index contributed by atoms with van der Waals surface area (Å²) in [5.41, 5.74) is 1.42. The molecule has 0 amide bonds. The molecule has 1 aliphatic carbocycles. The normalized spacial score (nSPS) is 15.2. The number of thiophene rings is 1. The molecule has 0 unspecified atom stereocenters. The topological polar surface area (TPSA) is 25.8 Å². The fraction of sp³-hybridized carbons (Fsp3) is 0.538. The highest BCUT2D eigenvalue weighted by Gasteiger charge is 2.20. The second-order valence-corrected chi connectivity index (χ2v) is 6.01. The van der Waals surface area contributed by atoms with E-state index in [9.17, 15) is 0 Å². The van der Waals surface area contributed by atoms with Gasteiger partial charge in [0.2, 0.25) is 0 Å². The Labute approximate surface area is 110 Å². The minimum absolute atomic E-state index is 0.665. The Morgan fingerprint density at radius 1 is 1.24 bits per heavy atom. The molecule has 3 rings (SSSR count). The van der Waals surface area contributed by atoms with E-state index in [-0.39, 0.29) is 0 Å². The summed E-state index contributed by atoms with van der Waals surface area (Å²) in [4.78, 5) is 11.7. The van der Waals surface area contributed by atoms with Crippen molar-refractivity contribution in [1.82, 2.24) is 9.97 Å². The summed E-state index contributed by atoms with van der Waals surface area (Å²) >= 11 is 8.15. The third-order valence-electron chi connectivity index (χ3n) is 3.29. The van der Waals surface area contributed by atoms with Crippen molar-refractivity contribution in [3.63, 3.8) is 0 Å². The Morgan fingerprint density at radius 2 is 2.06 bits per heavy atom. The summed E-state index contributed by atoms with van der Waals surface area (Å²) in [6.45, 7) is 2.14. The molecule has 0 aromatic carbocycles. The van der Waals surface area contributed by atoms with Crippen LogP contribution in [0.15, 0.2) is 0 Å². The molecule has 0 fully saturated rings. The maximum Gasteiger partial charge on any atom is 0.141 e. The van der Waals surface area contributed by atoms with Crippen LogP contribution in [0.5, 0.6) is 0 Å². The zero-order chi connectivity index (χ0) is 11.8. The van der Waals surface area contributed by atoms with Gasteiger partial charge >= 0.3 is 0 Å². The van der Waals surface area contributed by atoms with Gasteiger partial charge in [0.15, 0.2) is 0 Å². The molecule has 0 atom stereocenters. The highest BCUT2D eigenvalue weighted by molar-refractivity contribution is 7.19. The van der Waals surface area contributed by atoms with Crippen LogP contribution in [0.3, 0.4) is 0 Å². The highest BCUT2D eigenvalue weighted by Crippen LogP contribution is 2.38. The lowest BCUT2D eigenvalue weighted by Gasteiger charge is -2.10. The van der Waals surface area contributed by atoms with Crippen LogP contribution in [0.1, 0.15) is 42.5 Å². The van der Waals surface area contributed by atoms with Gasteiger partial charge < -0.3 is 0 Å². The minimum atomic E-state index is 0.665. The van der Waals surface area contributed by atoms with Crippen LogP contribution in [0.2, 0.25) is 5.15 Å². The van der Waals surface area contributed by atoms with Gasteiger partial charge in [-0.1, -0.05) is 18.5 Å². The van der Waals surface area contributed by atoms with Crippen LogP contribution < -0.4 is 0 Å². The lowest BCUT2D eigenvalue weighted by molar-refractivity contribution is 0.700. The van der Waals surface area contributed by atoms with E-state index in [0.717, 1.165) is 35.3 Å². The van der Waals surface area contributed by atoms with Gasteiger partial charge in [-0.25, -0.2) is 9.97 Å². The molecule has 17 heavy (non-hydrogen) atoms. The number of rotatable bonds is 2. The van der Waals surface area contributed by atoms with Gasteiger partial charge in [0.05, 0.1) is 5.39 Å². The predicted octanol–water partition coefficient (Wildman–Crippen LogP) is 4.18. The number of aryl methyl sites for hydroxylation is 3. The van der Waals surface area contributed by atoms with Crippen LogP contribution in [0.4, 0.5) is 0 Å². The van der Waals surface area contributed by atoms with Crippen LogP contribution in [0, 0.1) is 0 Å². The Bertz CT molecular complexity index is 562.